The van der Waals surface area contributed by atoms with E-state index in [1.54, 1.807) is 0 Å². The first-order valence-electron chi connectivity index (χ1n) is 4.12. The van der Waals surface area contributed by atoms with Crippen LogP contribution < -0.4 is 0 Å². The van der Waals surface area contributed by atoms with Crippen LogP contribution in [0.5, 0.6) is 0 Å². The van der Waals surface area contributed by atoms with E-state index in [1.807, 2.05) is 0 Å². The van der Waals surface area contributed by atoms with Gasteiger partial charge in [0.1, 0.15) is 11.6 Å². The van der Waals surface area contributed by atoms with E-state index in [4.69, 9.17) is 0 Å². The highest BCUT2D eigenvalue weighted by Gasteiger charge is 2.11. The van der Waals surface area contributed by atoms with Gasteiger partial charge in [0.2, 0.25) is 0 Å². The fraction of sp³-hybridized carbons (Fsp3) is 0.300. The molecule has 0 saturated carbocycles. The lowest BCUT2D eigenvalue weighted by Crippen LogP contribution is -2.06. The molecule has 0 radical (unpaired) electrons. The van der Waals surface area contributed by atoms with Crippen LogP contribution in [-0.2, 0) is 4.74 Å². The molecule has 76 valence electrons. The Kier molecular flexibility index (Phi) is 3.71. The summed E-state index contributed by atoms with van der Waals surface area (Å²) in [5.74, 6) is -1.90. The van der Waals surface area contributed by atoms with Crippen molar-refractivity contribution in [1.29, 1.82) is 0 Å². The molecule has 1 aromatic carbocycles. The molecule has 0 aromatic heterocycles. The smallest absolute Gasteiger partial charge is 0.168 e. The van der Waals surface area contributed by atoms with Crippen LogP contribution in [0.4, 0.5) is 8.78 Å². The minimum Gasteiger partial charge on any atom is -0.384 e. The monoisotopic (exact) mass is 200 g/mol. The Balaban J connectivity index is 2.80. The van der Waals surface area contributed by atoms with E-state index >= 15 is 0 Å². The largest absolute Gasteiger partial charge is 0.384 e. The van der Waals surface area contributed by atoms with Crippen molar-refractivity contribution >= 4 is 5.78 Å². The van der Waals surface area contributed by atoms with Crippen molar-refractivity contribution < 1.29 is 18.3 Å². The van der Waals surface area contributed by atoms with Gasteiger partial charge in [-0.05, 0) is 12.1 Å². The lowest BCUT2D eigenvalue weighted by Gasteiger charge is -2.01. The molecule has 0 aliphatic carbocycles. The summed E-state index contributed by atoms with van der Waals surface area (Å²) in [4.78, 5) is 11.3. The summed E-state index contributed by atoms with van der Waals surface area (Å²) in [6, 6.07) is 2.89. The summed E-state index contributed by atoms with van der Waals surface area (Å²) >= 11 is 0. The van der Waals surface area contributed by atoms with E-state index in [0.29, 0.717) is 6.07 Å². The summed E-state index contributed by atoms with van der Waals surface area (Å²) in [7, 11) is 1.45. The lowest BCUT2D eigenvalue weighted by atomic mass is 10.1. The summed E-state index contributed by atoms with van der Waals surface area (Å²) in [6.45, 7) is 0.232. The van der Waals surface area contributed by atoms with Crippen LogP contribution in [-0.4, -0.2) is 19.5 Å². The molecule has 1 aromatic rings. The van der Waals surface area contributed by atoms with Crippen molar-refractivity contribution in [2.45, 2.75) is 6.42 Å². The third-order valence-electron chi connectivity index (χ3n) is 1.76. The van der Waals surface area contributed by atoms with Gasteiger partial charge in [-0.3, -0.25) is 4.79 Å². The third-order valence-corrected chi connectivity index (χ3v) is 1.76. The van der Waals surface area contributed by atoms with Crippen LogP contribution in [0.3, 0.4) is 0 Å². The Labute approximate surface area is 80.5 Å². The van der Waals surface area contributed by atoms with E-state index in [1.165, 1.54) is 7.11 Å². The number of rotatable bonds is 4. The number of hydrogen-bond acceptors (Lipinski definition) is 2. The molecular weight excluding hydrogens is 190 g/mol. The van der Waals surface area contributed by atoms with Gasteiger partial charge >= 0.3 is 0 Å². The lowest BCUT2D eigenvalue weighted by molar-refractivity contribution is 0.0928. The van der Waals surface area contributed by atoms with E-state index in [-0.39, 0.29) is 24.4 Å². The van der Waals surface area contributed by atoms with E-state index < -0.39 is 11.6 Å². The minimum absolute atomic E-state index is 0.0940. The Morgan fingerprint density at radius 1 is 1.43 bits per heavy atom. The number of carbonyl (C=O) groups excluding carboxylic acids is 1. The molecule has 0 spiro atoms. The molecule has 0 bridgehead atoms. The summed E-state index contributed by atoms with van der Waals surface area (Å²) in [5.41, 5.74) is -0.0940. The average molecular weight is 200 g/mol. The second-order valence-electron chi connectivity index (χ2n) is 2.79. The number of hydrogen-bond donors (Lipinski definition) is 0. The van der Waals surface area contributed by atoms with Crippen LogP contribution >= 0.6 is 0 Å². The number of ketones is 1. The normalized spacial score (nSPS) is 10.2. The van der Waals surface area contributed by atoms with Crippen LogP contribution in [0, 0.1) is 11.6 Å². The molecule has 0 atom stereocenters. The van der Waals surface area contributed by atoms with Crippen molar-refractivity contribution in [2.24, 2.45) is 0 Å². The van der Waals surface area contributed by atoms with Crippen molar-refractivity contribution in [2.75, 3.05) is 13.7 Å². The minimum atomic E-state index is -0.828. The topological polar surface area (TPSA) is 26.3 Å². The first-order chi connectivity index (χ1) is 6.65. The number of methoxy groups -OCH3 is 1. The Morgan fingerprint density at radius 3 is 2.71 bits per heavy atom. The number of benzene rings is 1. The molecule has 0 N–H and O–H groups in total. The molecule has 0 saturated heterocycles. The predicted molar refractivity (Wildman–Crippen MR) is 47.2 cm³/mol. The maximum Gasteiger partial charge on any atom is 0.168 e. The second-order valence-corrected chi connectivity index (χ2v) is 2.79. The van der Waals surface area contributed by atoms with Crippen LogP contribution in [0.1, 0.15) is 16.8 Å². The number of carbonyl (C=O) groups is 1. The first-order valence-corrected chi connectivity index (χ1v) is 4.12. The van der Waals surface area contributed by atoms with Gasteiger partial charge in [-0.2, -0.15) is 0 Å². The Hall–Kier alpha value is -1.29. The molecule has 0 heterocycles. The fourth-order valence-electron chi connectivity index (χ4n) is 1.05. The highest BCUT2D eigenvalue weighted by molar-refractivity contribution is 5.96. The highest BCUT2D eigenvalue weighted by Crippen LogP contribution is 2.11. The number of halogens is 2. The van der Waals surface area contributed by atoms with E-state index in [9.17, 15) is 13.6 Å². The molecule has 0 aliphatic rings. The van der Waals surface area contributed by atoms with Gasteiger partial charge in [0.25, 0.3) is 0 Å². The van der Waals surface area contributed by atoms with Gasteiger partial charge in [-0.25, -0.2) is 8.78 Å². The predicted octanol–water partition coefficient (Wildman–Crippen LogP) is 2.18. The molecule has 2 nitrogen and oxygen atoms in total. The number of Topliss-reactive ketones (excluding diaryl/α,β-unsaturated/α-hetero) is 1. The van der Waals surface area contributed by atoms with Crippen LogP contribution in [0.15, 0.2) is 18.2 Å². The average Bonchev–Trinajstić information content (AvgIpc) is 2.14. The maximum atomic E-state index is 13.0. The first kappa shape index (κ1) is 10.8. The van der Waals surface area contributed by atoms with Gasteiger partial charge in [0.15, 0.2) is 5.78 Å². The molecular formula is C10H10F2O2. The molecule has 0 unspecified atom stereocenters. The zero-order valence-corrected chi connectivity index (χ0v) is 7.72. The van der Waals surface area contributed by atoms with Gasteiger partial charge in [-0.1, -0.05) is 0 Å². The molecule has 0 aliphatic heterocycles. The fourth-order valence-corrected chi connectivity index (χ4v) is 1.05. The SMILES string of the molecule is COCCC(=O)c1ccc(F)cc1F. The van der Waals surface area contributed by atoms with E-state index in [2.05, 4.69) is 4.74 Å². The third kappa shape index (κ3) is 2.60. The summed E-state index contributed by atoms with van der Waals surface area (Å²) in [5, 5.41) is 0. The van der Waals surface area contributed by atoms with Crippen molar-refractivity contribution in [1.82, 2.24) is 0 Å². The Bertz CT molecular complexity index is 337. The Morgan fingerprint density at radius 2 is 2.14 bits per heavy atom. The summed E-state index contributed by atoms with van der Waals surface area (Å²) in [6.07, 6.45) is 0.0963. The van der Waals surface area contributed by atoms with Crippen molar-refractivity contribution in [3.05, 3.63) is 35.4 Å². The molecule has 14 heavy (non-hydrogen) atoms. The van der Waals surface area contributed by atoms with Crippen LogP contribution in [0.25, 0.3) is 0 Å². The quantitative estimate of drug-likeness (QED) is 0.696. The molecule has 4 heteroatoms. The highest BCUT2D eigenvalue weighted by atomic mass is 19.1. The van der Waals surface area contributed by atoms with Crippen LogP contribution in [0.2, 0.25) is 0 Å². The van der Waals surface area contributed by atoms with Gasteiger partial charge in [0, 0.05) is 19.6 Å². The van der Waals surface area contributed by atoms with Crippen molar-refractivity contribution in [3.63, 3.8) is 0 Å². The maximum absolute atomic E-state index is 13.0. The van der Waals surface area contributed by atoms with Gasteiger partial charge in [0.05, 0.1) is 12.2 Å². The zero-order chi connectivity index (χ0) is 10.6. The molecule has 0 fully saturated rings. The summed E-state index contributed by atoms with van der Waals surface area (Å²) < 4.78 is 30.2. The van der Waals surface area contributed by atoms with Crippen molar-refractivity contribution in [3.8, 4) is 0 Å². The van der Waals surface area contributed by atoms with Gasteiger partial charge < -0.3 is 4.74 Å². The standard InChI is InChI=1S/C10H10F2O2/c1-14-5-4-10(13)8-3-2-7(11)6-9(8)12/h2-3,6H,4-5H2,1H3. The second kappa shape index (κ2) is 4.81. The molecule has 1 rings (SSSR count). The van der Waals surface area contributed by atoms with E-state index in [0.717, 1.165) is 12.1 Å². The van der Waals surface area contributed by atoms with Gasteiger partial charge in [-0.15, -0.1) is 0 Å². The zero-order valence-electron chi connectivity index (χ0n) is 7.72. The number of ether oxygens (including phenoxy) is 1. The molecule has 0 amide bonds.